The molecule has 0 aromatic rings. The summed E-state index contributed by atoms with van der Waals surface area (Å²) in [5.74, 6) is -0.181. The summed E-state index contributed by atoms with van der Waals surface area (Å²) >= 11 is 0. The molecule has 0 aromatic heterocycles. The zero-order valence-corrected chi connectivity index (χ0v) is 12.4. The molecule has 0 bridgehead atoms. The summed E-state index contributed by atoms with van der Waals surface area (Å²) in [5.41, 5.74) is 10.9. The zero-order chi connectivity index (χ0) is 14.5. The lowest BCUT2D eigenvalue weighted by Gasteiger charge is -2.34. The highest BCUT2D eigenvalue weighted by molar-refractivity contribution is 7.91. The monoisotopic (exact) mass is 291 g/mol. The number of hydrogen-bond donors (Lipinski definition) is 2. The van der Waals surface area contributed by atoms with Gasteiger partial charge >= 0.3 is 0 Å². The van der Waals surface area contributed by atoms with Crippen LogP contribution in [-0.2, 0) is 14.6 Å². The molecule has 0 radical (unpaired) electrons. The van der Waals surface area contributed by atoms with Crippen LogP contribution in [0.25, 0.3) is 0 Å². The smallest absolute Gasteiger partial charge is 0.218 e. The van der Waals surface area contributed by atoms with E-state index in [0.717, 1.165) is 25.9 Å². The lowest BCUT2D eigenvalue weighted by Crippen LogP contribution is -2.44. The first-order valence-corrected chi connectivity index (χ1v) is 8.59. The second-order valence-corrected chi connectivity index (χ2v) is 7.73. The summed E-state index contributed by atoms with van der Waals surface area (Å²) in [6, 6.07) is 0.147. The molecule has 1 heterocycles. The average molecular weight is 291 g/mol. The van der Waals surface area contributed by atoms with Crippen molar-refractivity contribution in [3.8, 4) is 0 Å². The van der Waals surface area contributed by atoms with Crippen molar-refractivity contribution >= 4 is 15.7 Å². The summed E-state index contributed by atoms with van der Waals surface area (Å²) in [5, 5.41) is 0. The highest BCUT2D eigenvalue weighted by atomic mass is 32.2. The number of carbonyl (C=O) groups is 1. The van der Waals surface area contributed by atoms with Crippen LogP contribution in [0.1, 0.15) is 26.2 Å². The van der Waals surface area contributed by atoms with Crippen molar-refractivity contribution in [3.63, 3.8) is 0 Å². The van der Waals surface area contributed by atoms with Crippen LogP contribution in [0.5, 0.6) is 0 Å². The summed E-state index contributed by atoms with van der Waals surface area (Å²) in [6.07, 6.45) is 2.08. The molecule has 0 spiro atoms. The van der Waals surface area contributed by atoms with Gasteiger partial charge in [-0.05, 0) is 32.2 Å². The number of primary amides is 1. The highest BCUT2D eigenvalue weighted by Crippen LogP contribution is 2.18. The van der Waals surface area contributed by atoms with Crippen LogP contribution in [0, 0.1) is 5.92 Å². The highest BCUT2D eigenvalue weighted by Gasteiger charge is 2.23. The van der Waals surface area contributed by atoms with E-state index >= 15 is 0 Å². The molecule has 2 unspecified atom stereocenters. The van der Waals surface area contributed by atoms with E-state index < -0.39 is 15.7 Å². The summed E-state index contributed by atoms with van der Waals surface area (Å²) in [4.78, 5) is 12.8. The first-order chi connectivity index (χ1) is 8.80. The van der Waals surface area contributed by atoms with Gasteiger partial charge in [-0.1, -0.05) is 0 Å². The van der Waals surface area contributed by atoms with Gasteiger partial charge in [0.1, 0.15) is 0 Å². The van der Waals surface area contributed by atoms with Gasteiger partial charge in [0.05, 0.1) is 11.5 Å². The molecule has 1 aliphatic heterocycles. The number of amides is 1. The Morgan fingerprint density at radius 1 is 1.42 bits per heavy atom. The molecule has 7 heteroatoms. The fourth-order valence-corrected chi connectivity index (χ4v) is 3.60. The molecule has 0 aromatic carbocycles. The van der Waals surface area contributed by atoms with E-state index in [2.05, 4.69) is 4.90 Å². The number of carbonyl (C=O) groups excluding carboxylic acids is 1. The number of piperidine rings is 1. The fourth-order valence-electron chi connectivity index (χ4n) is 2.35. The lowest BCUT2D eigenvalue weighted by molar-refractivity contribution is -0.117. The van der Waals surface area contributed by atoms with Crippen LogP contribution in [-0.4, -0.2) is 56.4 Å². The van der Waals surface area contributed by atoms with E-state index in [1.807, 2.05) is 6.92 Å². The number of hydrogen-bond acceptors (Lipinski definition) is 5. The molecule has 1 saturated heterocycles. The molecule has 2 atom stereocenters. The van der Waals surface area contributed by atoms with E-state index in [1.54, 1.807) is 0 Å². The molecule has 112 valence electrons. The fraction of sp³-hybridized carbons (Fsp3) is 0.917. The largest absolute Gasteiger partial charge is 0.370 e. The maximum Gasteiger partial charge on any atom is 0.218 e. The van der Waals surface area contributed by atoms with Gasteiger partial charge in [0.15, 0.2) is 9.84 Å². The molecule has 0 aliphatic carbocycles. The first kappa shape index (κ1) is 16.4. The van der Waals surface area contributed by atoms with Crippen molar-refractivity contribution < 1.29 is 13.2 Å². The van der Waals surface area contributed by atoms with E-state index in [1.165, 1.54) is 0 Å². The Kier molecular flexibility index (Phi) is 6.22. The Hall–Kier alpha value is -0.660. The van der Waals surface area contributed by atoms with Crippen molar-refractivity contribution in [2.75, 3.05) is 31.1 Å². The third kappa shape index (κ3) is 6.35. The van der Waals surface area contributed by atoms with Gasteiger partial charge in [-0.15, -0.1) is 0 Å². The van der Waals surface area contributed by atoms with Gasteiger partial charge in [0.2, 0.25) is 5.91 Å². The number of nitrogens with two attached hydrogens (primary N) is 2. The average Bonchev–Trinajstić information content (AvgIpc) is 2.35. The summed E-state index contributed by atoms with van der Waals surface area (Å²) in [6.45, 7) is 4.31. The van der Waals surface area contributed by atoms with E-state index in [9.17, 15) is 13.2 Å². The Balaban J connectivity index is 2.37. The minimum atomic E-state index is -3.19. The maximum absolute atomic E-state index is 11.7. The molecular formula is C12H25N3O3S. The molecule has 1 rings (SSSR count). The Bertz CT molecular complexity index is 395. The van der Waals surface area contributed by atoms with E-state index in [-0.39, 0.29) is 24.0 Å². The number of sulfone groups is 1. The van der Waals surface area contributed by atoms with Crippen LogP contribution >= 0.6 is 0 Å². The first-order valence-electron chi connectivity index (χ1n) is 6.77. The van der Waals surface area contributed by atoms with Gasteiger partial charge < -0.3 is 16.4 Å². The summed E-state index contributed by atoms with van der Waals surface area (Å²) < 4.78 is 23.5. The van der Waals surface area contributed by atoms with Crippen LogP contribution in [0.3, 0.4) is 0 Å². The van der Waals surface area contributed by atoms with Crippen molar-refractivity contribution in [2.45, 2.75) is 32.2 Å². The standard InChI is InChI=1S/C12H25N3O3S/c1-10(13)11-3-2-5-15(9-11)6-8-19(17,18)7-4-12(14)16/h10-11H,2-9,13H2,1H3,(H2,14,16). The van der Waals surface area contributed by atoms with Crippen molar-refractivity contribution in [1.82, 2.24) is 4.90 Å². The van der Waals surface area contributed by atoms with Crippen LogP contribution in [0.4, 0.5) is 0 Å². The SMILES string of the molecule is CC(N)C1CCCN(CCS(=O)(=O)CCC(N)=O)C1. The van der Waals surface area contributed by atoms with E-state index in [0.29, 0.717) is 12.5 Å². The van der Waals surface area contributed by atoms with Gasteiger partial charge in [-0.3, -0.25) is 4.79 Å². The van der Waals surface area contributed by atoms with Crippen LogP contribution < -0.4 is 11.5 Å². The maximum atomic E-state index is 11.7. The normalized spacial score (nSPS) is 23.2. The second-order valence-electron chi connectivity index (χ2n) is 5.43. The Morgan fingerprint density at radius 2 is 2.11 bits per heavy atom. The van der Waals surface area contributed by atoms with Crippen molar-refractivity contribution in [3.05, 3.63) is 0 Å². The Labute approximate surface area is 115 Å². The molecule has 19 heavy (non-hydrogen) atoms. The van der Waals surface area contributed by atoms with Gasteiger partial charge in [0, 0.05) is 25.6 Å². The zero-order valence-electron chi connectivity index (χ0n) is 11.5. The summed E-state index contributed by atoms with van der Waals surface area (Å²) in [7, 11) is -3.19. The van der Waals surface area contributed by atoms with Crippen molar-refractivity contribution in [1.29, 1.82) is 0 Å². The molecule has 1 amide bonds. The Morgan fingerprint density at radius 3 is 2.68 bits per heavy atom. The minimum Gasteiger partial charge on any atom is -0.370 e. The van der Waals surface area contributed by atoms with Crippen LogP contribution in [0.2, 0.25) is 0 Å². The van der Waals surface area contributed by atoms with Gasteiger partial charge in [-0.2, -0.15) is 0 Å². The lowest BCUT2D eigenvalue weighted by atomic mass is 9.92. The molecular weight excluding hydrogens is 266 g/mol. The second kappa shape index (κ2) is 7.21. The molecule has 0 saturated carbocycles. The quantitative estimate of drug-likeness (QED) is 0.647. The van der Waals surface area contributed by atoms with Gasteiger partial charge in [0.25, 0.3) is 0 Å². The molecule has 1 fully saturated rings. The molecule has 6 nitrogen and oxygen atoms in total. The number of likely N-dealkylation sites (tertiary alicyclic amines) is 1. The third-order valence-corrected chi connectivity index (χ3v) is 5.29. The minimum absolute atomic E-state index is 0.0892. The van der Waals surface area contributed by atoms with Crippen molar-refractivity contribution in [2.24, 2.45) is 17.4 Å². The predicted octanol–water partition coefficient (Wildman–Crippen LogP) is -0.664. The predicted molar refractivity (Wildman–Crippen MR) is 75.3 cm³/mol. The third-order valence-electron chi connectivity index (χ3n) is 3.66. The van der Waals surface area contributed by atoms with Gasteiger partial charge in [-0.25, -0.2) is 8.42 Å². The number of rotatable bonds is 7. The van der Waals surface area contributed by atoms with E-state index in [4.69, 9.17) is 11.5 Å². The van der Waals surface area contributed by atoms with Crippen LogP contribution in [0.15, 0.2) is 0 Å². The molecule has 4 N–H and O–H groups in total. The molecule has 1 aliphatic rings. The topological polar surface area (TPSA) is 106 Å². The number of nitrogens with zero attached hydrogens (tertiary/aromatic N) is 1.